The zero-order valence-electron chi connectivity index (χ0n) is 15.9. The van der Waals surface area contributed by atoms with Gasteiger partial charge in [0.25, 0.3) is 10.0 Å². The molecule has 1 aliphatic heterocycles. The number of sulfonamides is 1. The van der Waals surface area contributed by atoms with Gasteiger partial charge in [-0.2, -0.15) is 0 Å². The molecule has 0 unspecified atom stereocenters. The lowest BCUT2D eigenvalue weighted by Crippen LogP contribution is -2.39. The Morgan fingerprint density at radius 1 is 0.897 bits per heavy atom. The van der Waals surface area contributed by atoms with Crippen LogP contribution < -0.4 is 9.62 Å². The van der Waals surface area contributed by atoms with Crippen molar-refractivity contribution >= 4 is 27.2 Å². The first-order chi connectivity index (χ1) is 14.0. The van der Waals surface area contributed by atoms with Gasteiger partial charge in [0.1, 0.15) is 0 Å². The minimum Gasteiger partial charge on any atom is -0.360 e. The normalized spacial score (nSPS) is 16.5. The summed E-state index contributed by atoms with van der Waals surface area (Å²) in [6.07, 6.45) is 1.30. The molecule has 0 amide bonds. The van der Waals surface area contributed by atoms with E-state index in [0.717, 1.165) is 16.8 Å². The van der Waals surface area contributed by atoms with Gasteiger partial charge in [0, 0.05) is 17.5 Å². The third-order valence-corrected chi connectivity index (χ3v) is 6.65. The molecular weight excluding hydrogens is 384 g/mol. The molecule has 4 rings (SSSR count). The second-order valence-electron chi connectivity index (χ2n) is 6.81. The molecule has 0 saturated carbocycles. The van der Waals surface area contributed by atoms with E-state index in [1.165, 1.54) is 10.5 Å². The fourth-order valence-electron chi connectivity index (χ4n) is 3.32. The number of ketones is 1. The van der Waals surface area contributed by atoms with Crippen LogP contribution in [0.4, 0.5) is 11.4 Å². The van der Waals surface area contributed by atoms with Gasteiger partial charge in [0.05, 0.1) is 12.2 Å². The van der Waals surface area contributed by atoms with Crippen molar-refractivity contribution in [2.24, 2.45) is 0 Å². The summed E-state index contributed by atoms with van der Waals surface area (Å²) < 4.78 is 28.1. The van der Waals surface area contributed by atoms with Gasteiger partial charge in [-0.25, -0.2) is 8.42 Å². The van der Waals surface area contributed by atoms with Crippen molar-refractivity contribution < 1.29 is 13.2 Å². The Kier molecular flexibility index (Phi) is 4.94. The molecule has 1 heterocycles. The lowest BCUT2D eigenvalue weighted by atomic mass is 10.1. The van der Waals surface area contributed by atoms with Gasteiger partial charge < -0.3 is 5.32 Å². The average molecular weight is 404 g/mol. The number of fused-ring (bicyclic) bond motifs is 1. The summed E-state index contributed by atoms with van der Waals surface area (Å²) in [4.78, 5) is 12.8. The standard InChI is InChI=1S/C23H20N2O3S/c1-17-9-5-7-13-20(17)24-15-22-23(26)19-12-6-8-14-21(19)25(29(22,27)28)16-18-10-3-2-4-11-18/h2-15,24H,16H2,1H3/b22-15+. The van der Waals surface area contributed by atoms with E-state index < -0.39 is 15.8 Å². The summed E-state index contributed by atoms with van der Waals surface area (Å²) in [6.45, 7) is 2.06. The Morgan fingerprint density at radius 3 is 2.31 bits per heavy atom. The number of anilines is 2. The summed E-state index contributed by atoms with van der Waals surface area (Å²) in [5.41, 5.74) is 3.31. The summed E-state index contributed by atoms with van der Waals surface area (Å²) in [6, 6.07) is 23.6. The molecule has 1 N–H and O–H groups in total. The zero-order chi connectivity index (χ0) is 20.4. The molecule has 146 valence electrons. The van der Waals surface area contributed by atoms with Crippen LogP contribution in [-0.4, -0.2) is 14.2 Å². The molecule has 0 bridgehead atoms. The SMILES string of the molecule is Cc1ccccc1N/C=C1\C(=O)c2ccccc2N(Cc2ccccc2)S1(=O)=O. The number of hydrogen-bond acceptors (Lipinski definition) is 4. The maximum atomic E-state index is 13.4. The van der Waals surface area contributed by atoms with Crippen LogP contribution >= 0.6 is 0 Å². The number of aryl methyl sites for hydroxylation is 1. The highest BCUT2D eigenvalue weighted by molar-refractivity contribution is 7.97. The zero-order valence-corrected chi connectivity index (χ0v) is 16.7. The number of Topliss-reactive ketones (excluding diaryl/α,β-unsaturated/α-hetero) is 1. The molecule has 3 aromatic rings. The summed E-state index contributed by atoms with van der Waals surface area (Å²) in [5.74, 6) is -0.508. The molecule has 0 atom stereocenters. The summed E-state index contributed by atoms with van der Waals surface area (Å²) in [7, 11) is -4.03. The second kappa shape index (κ2) is 7.56. The number of benzene rings is 3. The molecule has 6 heteroatoms. The molecular formula is C23H20N2O3S. The molecule has 0 radical (unpaired) electrons. The van der Waals surface area contributed by atoms with Crippen molar-refractivity contribution in [1.29, 1.82) is 0 Å². The molecule has 0 spiro atoms. The predicted octanol–water partition coefficient (Wildman–Crippen LogP) is 4.48. The molecule has 0 aromatic heterocycles. The van der Waals surface area contributed by atoms with E-state index in [2.05, 4.69) is 5.32 Å². The summed E-state index contributed by atoms with van der Waals surface area (Å²) in [5, 5.41) is 3.00. The van der Waals surface area contributed by atoms with Crippen molar-refractivity contribution in [3.63, 3.8) is 0 Å². The van der Waals surface area contributed by atoms with Crippen molar-refractivity contribution in [2.45, 2.75) is 13.5 Å². The fourth-order valence-corrected chi connectivity index (χ4v) is 4.85. The molecule has 1 aliphatic rings. The van der Waals surface area contributed by atoms with Crippen LogP contribution in [0.25, 0.3) is 0 Å². The first-order valence-corrected chi connectivity index (χ1v) is 10.7. The second-order valence-corrected chi connectivity index (χ2v) is 8.64. The maximum absolute atomic E-state index is 13.4. The number of nitrogens with zero attached hydrogens (tertiary/aromatic N) is 1. The molecule has 0 aliphatic carbocycles. The topological polar surface area (TPSA) is 66.5 Å². The van der Waals surface area contributed by atoms with Gasteiger partial charge in [-0.1, -0.05) is 60.7 Å². The number of carbonyl (C=O) groups excluding carboxylic acids is 1. The number of allylic oxidation sites excluding steroid dienone is 1. The third kappa shape index (κ3) is 3.54. The van der Waals surface area contributed by atoms with Gasteiger partial charge >= 0.3 is 0 Å². The van der Waals surface area contributed by atoms with Gasteiger partial charge in [-0.05, 0) is 36.2 Å². The van der Waals surface area contributed by atoms with Crippen LogP contribution in [0.3, 0.4) is 0 Å². The van der Waals surface area contributed by atoms with Crippen LogP contribution in [0.15, 0.2) is 90.0 Å². The monoisotopic (exact) mass is 404 g/mol. The Morgan fingerprint density at radius 2 is 1.55 bits per heavy atom. The van der Waals surface area contributed by atoms with Gasteiger partial charge in [-0.3, -0.25) is 9.10 Å². The van der Waals surface area contributed by atoms with Crippen LogP contribution in [0, 0.1) is 6.92 Å². The number of carbonyl (C=O) groups is 1. The maximum Gasteiger partial charge on any atom is 0.270 e. The van der Waals surface area contributed by atoms with Crippen molar-refractivity contribution in [3.05, 3.63) is 107 Å². The van der Waals surface area contributed by atoms with E-state index in [1.807, 2.05) is 61.5 Å². The molecule has 5 nitrogen and oxygen atoms in total. The highest BCUT2D eigenvalue weighted by Gasteiger charge is 2.40. The van der Waals surface area contributed by atoms with E-state index in [0.29, 0.717) is 11.3 Å². The highest BCUT2D eigenvalue weighted by Crippen LogP contribution is 2.36. The molecule has 3 aromatic carbocycles. The van der Waals surface area contributed by atoms with E-state index >= 15 is 0 Å². The first kappa shape index (κ1) is 19.0. The van der Waals surface area contributed by atoms with E-state index in [9.17, 15) is 13.2 Å². The minimum absolute atomic E-state index is 0.148. The van der Waals surface area contributed by atoms with Crippen LogP contribution in [0.2, 0.25) is 0 Å². The van der Waals surface area contributed by atoms with Crippen LogP contribution in [-0.2, 0) is 16.6 Å². The minimum atomic E-state index is -4.03. The van der Waals surface area contributed by atoms with Gasteiger partial charge in [0.15, 0.2) is 4.91 Å². The van der Waals surface area contributed by atoms with Gasteiger partial charge in [0.2, 0.25) is 5.78 Å². The van der Waals surface area contributed by atoms with E-state index in [4.69, 9.17) is 0 Å². The molecule has 0 fully saturated rings. The van der Waals surface area contributed by atoms with Crippen LogP contribution in [0.1, 0.15) is 21.5 Å². The molecule has 29 heavy (non-hydrogen) atoms. The summed E-state index contributed by atoms with van der Waals surface area (Å²) >= 11 is 0. The number of nitrogens with one attached hydrogen (secondary N) is 1. The van der Waals surface area contributed by atoms with Gasteiger partial charge in [-0.15, -0.1) is 0 Å². The largest absolute Gasteiger partial charge is 0.360 e. The Hall–Kier alpha value is -3.38. The van der Waals surface area contributed by atoms with Crippen molar-refractivity contribution in [2.75, 3.05) is 9.62 Å². The Bertz CT molecular complexity index is 1200. The quantitative estimate of drug-likeness (QED) is 0.651. The number of para-hydroxylation sites is 2. The lowest BCUT2D eigenvalue weighted by Gasteiger charge is -2.31. The van der Waals surface area contributed by atoms with Crippen molar-refractivity contribution in [3.8, 4) is 0 Å². The smallest absolute Gasteiger partial charge is 0.270 e. The predicted molar refractivity (Wildman–Crippen MR) is 115 cm³/mol. The van der Waals surface area contributed by atoms with E-state index in [-0.39, 0.29) is 11.4 Å². The third-order valence-electron chi connectivity index (χ3n) is 4.88. The van der Waals surface area contributed by atoms with E-state index in [1.54, 1.807) is 24.3 Å². The average Bonchev–Trinajstić information content (AvgIpc) is 2.73. The van der Waals surface area contributed by atoms with Crippen LogP contribution in [0.5, 0.6) is 0 Å². The first-order valence-electron chi connectivity index (χ1n) is 9.21. The highest BCUT2D eigenvalue weighted by atomic mass is 32.2. The Labute approximate surface area is 170 Å². The van der Waals surface area contributed by atoms with Crippen molar-refractivity contribution in [1.82, 2.24) is 0 Å². The number of rotatable bonds is 4. The lowest BCUT2D eigenvalue weighted by molar-refractivity contribution is 0.104. The number of hydrogen-bond donors (Lipinski definition) is 1. The Balaban J connectivity index is 1.80. The fraction of sp³-hybridized carbons (Fsp3) is 0.0870. The molecule has 0 saturated heterocycles.